The fraction of sp³-hybridized carbons (Fsp3) is 0.455. The number of nitrogens with zero attached hydrogens (tertiary/aromatic N) is 2. The molecule has 0 aliphatic carbocycles. The lowest BCUT2D eigenvalue weighted by atomic mass is 9.83. The number of aryl methyl sites for hydroxylation is 1. The van der Waals surface area contributed by atoms with Crippen molar-refractivity contribution in [3.05, 3.63) is 46.5 Å². The van der Waals surface area contributed by atoms with E-state index in [0.29, 0.717) is 36.2 Å². The van der Waals surface area contributed by atoms with Gasteiger partial charge in [0.05, 0.1) is 19.1 Å². The first-order valence-corrected chi connectivity index (χ1v) is 10.2. The van der Waals surface area contributed by atoms with E-state index in [9.17, 15) is 5.26 Å². The van der Waals surface area contributed by atoms with E-state index < -0.39 is 0 Å². The highest BCUT2D eigenvalue weighted by atomic mass is 16.5. The number of benzene rings is 1. The summed E-state index contributed by atoms with van der Waals surface area (Å²) in [5.74, 6) is 1.50. The maximum atomic E-state index is 9.81. The van der Waals surface area contributed by atoms with Gasteiger partial charge in [0.15, 0.2) is 11.5 Å². The van der Waals surface area contributed by atoms with Crippen LogP contribution in [0.5, 0.6) is 17.4 Å². The molecule has 3 rings (SSSR count). The molecule has 7 nitrogen and oxygen atoms in total. The van der Waals surface area contributed by atoms with Gasteiger partial charge in [0.2, 0.25) is 11.8 Å². The number of hydrogen-bond acceptors (Lipinski definition) is 6. The van der Waals surface area contributed by atoms with Crippen LogP contribution in [0.1, 0.15) is 62.8 Å². The maximum absolute atomic E-state index is 9.81. The minimum Gasteiger partial charge on any atom is -0.490 e. The molecule has 2 heterocycles. The summed E-state index contributed by atoms with van der Waals surface area (Å²) >= 11 is 0. The number of fused-ring (bicyclic) bond motifs is 1. The van der Waals surface area contributed by atoms with Gasteiger partial charge in [-0.15, -0.1) is 5.10 Å². The first-order valence-electron chi connectivity index (χ1n) is 10.2. The SMILES string of the molecule is CCCCc1[nH]nc2c1C(c1ccc(OCCC)c(OCC)c1)C(C#N)=C(N)O2. The summed E-state index contributed by atoms with van der Waals surface area (Å²) in [6.45, 7) is 7.25. The Labute approximate surface area is 171 Å². The van der Waals surface area contributed by atoms with Crippen LogP contribution in [-0.2, 0) is 6.42 Å². The molecule has 1 aliphatic heterocycles. The molecule has 0 amide bonds. The summed E-state index contributed by atoms with van der Waals surface area (Å²) in [5.41, 5.74) is 9.16. The summed E-state index contributed by atoms with van der Waals surface area (Å²) < 4.78 is 17.3. The second-order valence-electron chi connectivity index (χ2n) is 6.94. The second-order valence-corrected chi connectivity index (χ2v) is 6.94. The first kappa shape index (κ1) is 20.6. The zero-order valence-corrected chi connectivity index (χ0v) is 17.2. The van der Waals surface area contributed by atoms with E-state index in [1.165, 1.54) is 0 Å². The predicted molar refractivity (Wildman–Crippen MR) is 110 cm³/mol. The second kappa shape index (κ2) is 9.37. The number of rotatable bonds is 9. The number of H-pyrrole nitrogens is 1. The molecule has 0 radical (unpaired) electrons. The topological polar surface area (TPSA) is 106 Å². The van der Waals surface area contributed by atoms with Gasteiger partial charge in [0.25, 0.3) is 0 Å². The van der Waals surface area contributed by atoms with Gasteiger partial charge in [-0.25, -0.2) is 0 Å². The number of unbranched alkanes of at least 4 members (excludes halogenated alkanes) is 1. The van der Waals surface area contributed by atoms with Gasteiger partial charge in [-0.1, -0.05) is 26.3 Å². The average molecular weight is 396 g/mol. The molecule has 1 aliphatic rings. The van der Waals surface area contributed by atoms with Crippen LogP contribution in [0.2, 0.25) is 0 Å². The summed E-state index contributed by atoms with van der Waals surface area (Å²) in [5, 5.41) is 17.2. The molecular formula is C22H28N4O3. The van der Waals surface area contributed by atoms with Crippen LogP contribution in [0.25, 0.3) is 0 Å². The van der Waals surface area contributed by atoms with Gasteiger partial charge >= 0.3 is 0 Å². The van der Waals surface area contributed by atoms with Crippen molar-refractivity contribution in [1.29, 1.82) is 5.26 Å². The molecular weight excluding hydrogens is 368 g/mol. The molecule has 0 bridgehead atoms. The van der Waals surface area contributed by atoms with E-state index in [2.05, 4.69) is 30.1 Å². The highest BCUT2D eigenvalue weighted by molar-refractivity contribution is 5.57. The number of aromatic nitrogens is 2. The Morgan fingerprint density at radius 1 is 1.21 bits per heavy atom. The van der Waals surface area contributed by atoms with E-state index in [1.54, 1.807) is 0 Å². The molecule has 29 heavy (non-hydrogen) atoms. The highest BCUT2D eigenvalue weighted by Gasteiger charge is 2.35. The largest absolute Gasteiger partial charge is 0.490 e. The molecule has 7 heteroatoms. The molecule has 0 saturated carbocycles. The zero-order chi connectivity index (χ0) is 20.8. The Morgan fingerprint density at radius 2 is 2.03 bits per heavy atom. The Morgan fingerprint density at radius 3 is 2.72 bits per heavy atom. The number of aromatic amines is 1. The molecule has 0 spiro atoms. The van der Waals surface area contributed by atoms with Crippen molar-refractivity contribution in [3.63, 3.8) is 0 Å². The number of allylic oxidation sites excluding steroid dienone is 1. The Kier molecular flexibility index (Phi) is 6.65. The van der Waals surface area contributed by atoms with Gasteiger partial charge < -0.3 is 19.9 Å². The predicted octanol–water partition coefficient (Wildman–Crippen LogP) is 4.16. The van der Waals surface area contributed by atoms with E-state index >= 15 is 0 Å². The smallest absolute Gasteiger partial charge is 0.244 e. The molecule has 0 fully saturated rings. The Balaban J connectivity index is 2.09. The van der Waals surface area contributed by atoms with Crippen LogP contribution in [-0.4, -0.2) is 23.4 Å². The molecule has 1 aromatic heterocycles. The third kappa shape index (κ3) is 4.16. The van der Waals surface area contributed by atoms with E-state index in [0.717, 1.165) is 42.5 Å². The number of nitrogens with two attached hydrogens (primary N) is 1. The number of nitrogens with one attached hydrogen (secondary N) is 1. The summed E-state index contributed by atoms with van der Waals surface area (Å²) in [6, 6.07) is 8.00. The van der Waals surface area contributed by atoms with E-state index in [1.807, 2.05) is 25.1 Å². The van der Waals surface area contributed by atoms with Crippen LogP contribution >= 0.6 is 0 Å². The lowest BCUT2D eigenvalue weighted by Gasteiger charge is -2.25. The fourth-order valence-corrected chi connectivity index (χ4v) is 3.49. The fourth-order valence-electron chi connectivity index (χ4n) is 3.49. The molecule has 3 N–H and O–H groups in total. The monoisotopic (exact) mass is 396 g/mol. The number of ether oxygens (including phenoxy) is 3. The number of nitriles is 1. The van der Waals surface area contributed by atoms with Gasteiger partial charge in [-0.3, -0.25) is 5.10 Å². The molecule has 2 aromatic rings. The van der Waals surface area contributed by atoms with Crippen LogP contribution in [0.3, 0.4) is 0 Å². The van der Waals surface area contributed by atoms with Crippen molar-refractivity contribution in [2.75, 3.05) is 13.2 Å². The van der Waals surface area contributed by atoms with Gasteiger partial charge in [-0.05, 0) is 43.9 Å². The highest BCUT2D eigenvalue weighted by Crippen LogP contribution is 2.45. The standard InChI is InChI=1S/C22H28N4O3/c1-4-7-8-16-20-19(15(13-23)21(24)29-22(20)26-25-16)14-9-10-17(28-11-5-2)18(12-14)27-6-3/h9-10,12,19H,4-8,11,24H2,1-3H3,(H,25,26). The third-order valence-corrected chi connectivity index (χ3v) is 4.86. The van der Waals surface area contributed by atoms with Gasteiger partial charge in [-0.2, -0.15) is 5.26 Å². The van der Waals surface area contributed by atoms with Gasteiger partial charge in [0.1, 0.15) is 11.6 Å². The van der Waals surface area contributed by atoms with Crippen molar-refractivity contribution >= 4 is 0 Å². The van der Waals surface area contributed by atoms with E-state index in [-0.39, 0.29) is 11.8 Å². The Bertz CT molecular complexity index is 927. The molecule has 1 unspecified atom stereocenters. The third-order valence-electron chi connectivity index (χ3n) is 4.86. The van der Waals surface area contributed by atoms with Crippen LogP contribution in [0.15, 0.2) is 29.7 Å². The Hall–Kier alpha value is -3.14. The average Bonchev–Trinajstić information content (AvgIpc) is 3.12. The maximum Gasteiger partial charge on any atom is 0.244 e. The van der Waals surface area contributed by atoms with Crippen LogP contribution < -0.4 is 19.9 Å². The van der Waals surface area contributed by atoms with Crippen LogP contribution in [0, 0.1) is 11.3 Å². The minimum absolute atomic E-state index is 0.0859. The van der Waals surface area contributed by atoms with Crippen LogP contribution in [0.4, 0.5) is 0 Å². The number of hydrogen-bond donors (Lipinski definition) is 2. The quantitative estimate of drug-likeness (QED) is 0.659. The first-order chi connectivity index (χ1) is 14.1. The summed E-state index contributed by atoms with van der Waals surface area (Å²) in [6.07, 6.45) is 3.80. The van der Waals surface area contributed by atoms with Crippen molar-refractivity contribution < 1.29 is 14.2 Å². The van der Waals surface area contributed by atoms with Gasteiger partial charge in [0, 0.05) is 11.3 Å². The summed E-state index contributed by atoms with van der Waals surface area (Å²) in [4.78, 5) is 0. The minimum atomic E-state index is -0.367. The lowest BCUT2D eigenvalue weighted by Crippen LogP contribution is -2.21. The van der Waals surface area contributed by atoms with Crippen molar-refractivity contribution in [3.8, 4) is 23.4 Å². The molecule has 0 saturated heterocycles. The lowest BCUT2D eigenvalue weighted by molar-refractivity contribution is 0.276. The molecule has 154 valence electrons. The zero-order valence-electron chi connectivity index (χ0n) is 17.2. The van der Waals surface area contributed by atoms with Crippen molar-refractivity contribution in [2.24, 2.45) is 5.73 Å². The molecule has 1 aromatic carbocycles. The van der Waals surface area contributed by atoms with Crippen molar-refractivity contribution in [1.82, 2.24) is 10.2 Å². The van der Waals surface area contributed by atoms with E-state index in [4.69, 9.17) is 19.9 Å². The molecule has 1 atom stereocenters. The summed E-state index contributed by atoms with van der Waals surface area (Å²) in [7, 11) is 0. The normalized spacial score (nSPS) is 15.4. The van der Waals surface area contributed by atoms with Crippen molar-refractivity contribution in [2.45, 2.75) is 52.4 Å².